The maximum absolute atomic E-state index is 12.0. The highest BCUT2D eigenvalue weighted by Crippen LogP contribution is 2.24. The fraction of sp³-hybridized carbons (Fsp3) is 0.250. The fourth-order valence-corrected chi connectivity index (χ4v) is 2.18. The van der Waals surface area contributed by atoms with Crippen LogP contribution in [0.5, 0.6) is 5.75 Å². The molecule has 0 radical (unpaired) electrons. The molecule has 1 unspecified atom stereocenters. The van der Waals surface area contributed by atoms with Gasteiger partial charge in [-0.05, 0) is 53.0 Å². The monoisotopic (exact) mass is 348 g/mol. The van der Waals surface area contributed by atoms with E-state index in [1.165, 1.54) is 0 Å². The van der Waals surface area contributed by atoms with Gasteiger partial charge in [0, 0.05) is 18.9 Å². The van der Waals surface area contributed by atoms with Crippen molar-refractivity contribution >= 4 is 21.8 Å². The molecule has 1 heterocycles. The Balaban J connectivity index is 1.79. The fourth-order valence-electron chi connectivity index (χ4n) is 1.80. The van der Waals surface area contributed by atoms with E-state index in [9.17, 15) is 4.79 Å². The number of para-hydroxylation sites is 1. The molecule has 2 rings (SSSR count). The lowest BCUT2D eigenvalue weighted by Gasteiger charge is -2.15. The summed E-state index contributed by atoms with van der Waals surface area (Å²) in [6, 6.07) is 11.3. The highest BCUT2D eigenvalue weighted by molar-refractivity contribution is 9.10. The summed E-state index contributed by atoms with van der Waals surface area (Å²) in [7, 11) is 0. The van der Waals surface area contributed by atoms with E-state index in [-0.39, 0.29) is 5.91 Å². The van der Waals surface area contributed by atoms with Gasteiger partial charge in [-0.3, -0.25) is 9.78 Å². The molecule has 1 N–H and O–H groups in total. The number of halogens is 1. The molecule has 1 amide bonds. The Labute approximate surface area is 132 Å². The largest absolute Gasteiger partial charge is 0.480 e. The van der Waals surface area contributed by atoms with Gasteiger partial charge in [0.05, 0.1) is 4.47 Å². The highest BCUT2D eigenvalue weighted by atomic mass is 79.9. The number of hydrogen-bond acceptors (Lipinski definition) is 3. The van der Waals surface area contributed by atoms with E-state index >= 15 is 0 Å². The van der Waals surface area contributed by atoms with Crippen molar-refractivity contribution in [3.05, 3.63) is 58.8 Å². The summed E-state index contributed by atoms with van der Waals surface area (Å²) in [4.78, 5) is 16.0. The summed E-state index contributed by atoms with van der Waals surface area (Å²) < 4.78 is 6.47. The molecule has 4 nitrogen and oxygen atoms in total. The minimum Gasteiger partial charge on any atom is -0.480 e. The van der Waals surface area contributed by atoms with Gasteiger partial charge in [-0.2, -0.15) is 0 Å². The van der Waals surface area contributed by atoms with Gasteiger partial charge in [-0.25, -0.2) is 0 Å². The molecule has 0 spiro atoms. The zero-order valence-electron chi connectivity index (χ0n) is 11.8. The van der Waals surface area contributed by atoms with Gasteiger partial charge in [-0.1, -0.05) is 18.2 Å². The number of benzene rings is 1. The Hall–Kier alpha value is -1.88. The molecule has 0 saturated heterocycles. The number of rotatable bonds is 6. The second-order valence-corrected chi connectivity index (χ2v) is 5.45. The van der Waals surface area contributed by atoms with Crippen LogP contribution < -0.4 is 10.1 Å². The summed E-state index contributed by atoms with van der Waals surface area (Å²) in [5.41, 5.74) is 1.09. The first kappa shape index (κ1) is 15.5. The van der Waals surface area contributed by atoms with Crippen molar-refractivity contribution in [1.82, 2.24) is 10.3 Å². The van der Waals surface area contributed by atoms with Crippen LogP contribution in [0.25, 0.3) is 0 Å². The molecule has 0 saturated carbocycles. The van der Waals surface area contributed by atoms with E-state index in [2.05, 4.69) is 26.2 Å². The Morgan fingerprint density at radius 2 is 2.14 bits per heavy atom. The van der Waals surface area contributed by atoms with Crippen LogP contribution in [0.3, 0.4) is 0 Å². The summed E-state index contributed by atoms with van der Waals surface area (Å²) in [5, 5.41) is 2.86. The minimum atomic E-state index is -0.544. The molecule has 1 aromatic heterocycles. The summed E-state index contributed by atoms with van der Waals surface area (Å²) in [6.45, 7) is 2.30. The third-order valence-corrected chi connectivity index (χ3v) is 3.60. The Bertz CT molecular complexity index is 590. The van der Waals surface area contributed by atoms with Crippen molar-refractivity contribution in [3.8, 4) is 5.75 Å². The van der Waals surface area contributed by atoms with Crippen LogP contribution in [0.1, 0.15) is 12.5 Å². The average Bonchev–Trinajstić information content (AvgIpc) is 2.50. The molecule has 0 fully saturated rings. The number of carbonyl (C=O) groups excluding carboxylic acids is 1. The molecule has 2 aromatic rings. The van der Waals surface area contributed by atoms with Crippen molar-refractivity contribution in [2.45, 2.75) is 19.4 Å². The lowest BCUT2D eigenvalue weighted by atomic mass is 10.2. The van der Waals surface area contributed by atoms with E-state index < -0.39 is 6.10 Å². The molecular weight excluding hydrogens is 332 g/mol. The maximum atomic E-state index is 12.0. The molecular formula is C16H17BrN2O2. The van der Waals surface area contributed by atoms with Crippen LogP contribution in [-0.2, 0) is 11.2 Å². The predicted molar refractivity (Wildman–Crippen MR) is 85.2 cm³/mol. The van der Waals surface area contributed by atoms with Crippen molar-refractivity contribution < 1.29 is 9.53 Å². The first-order valence-corrected chi connectivity index (χ1v) is 7.54. The van der Waals surface area contributed by atoms with Crippen molar-refractivity contribution in [1.29, 1.82) is 0 Å². The summed E-state index contributed by atoms with van der Waals surface area (Å²) in [5.74, 6) is 0.530. The number of nitrogens with zero attached hydrogens (tertiary/aromatic N) is 1. The predicted octanol–water partition coefficient (Wildman–Crippen LogP) is 2.97. The van der Waals surface area contributed by atoms with Gasteiger partial charge in [0.1, 0.15) is 5.75 Å². The van der Waals surface area contributed by atoms with Gasteiger partial charge in [0.15, 0.2) is 6.10 Å². The molecule has 110 valence electrons. The van der Waals surface area contributed by atoms with Crippen LogP contribution in [-0.4, -0.2) is 23.5 Å². The Morgan fingerprint density at radius 1 is 1.33 bits per heavy atom. The Morgan fingerprint density at radius 3 is 2.86 bits per heavy atom. The van der Waals surface area contributed by atoms with E-state index in [4.69, 9.17) is 4.74 Å². The second-order valence-electron chi connectivity index (χ2n) is 4.59. The molecule has 1 atom stereocenters. The first-order chi connectivity index (χ1) is 10.2. The molecule has 21 heavy (non-hydrogen) atoms. The van der Waals surface area contributed by atoms with Gasteiger partial charge in [0.2, 0.25) is 0 Å². The van der Waals surface area contributed by atoms with Gasteiger partial charge >= 0.3 is 0 Å². The van der Waals surface area contributed by atoms with Crippen LogP contribution in [0, 0.1) is 0 Å². The van der Waals surface area contributed by atoms with E-state index in [1.807, 2.05) is 36.4 Å². The number of carbonyl (C=O) groups is 1. The second kappa shape index (κ2) is 7.78. The number of amides is 1. The third kappa shape index (κ3) is 4.86. The zero-order chi connectivity index (χ0) is 15.1. The van der Waals surface area contributed by atoms with Crippen molar-refractivity contribution in [2.24, 2.45) is 0 Å². The zero-order valence-corrected chi connectivity index (χ0v) is 13.3. The number of pyridine rings is 1. The van der Waals surface area contributed by atoms with Crippen LogP contribution >= 0.6 is 15.9 Å². The lowest BCUT2D eigenvalue weighted by Crippen LogP contribution is -2.37. The van der Waals surface area contributed by atoms with Crippen molar-refractivity contribution in [3.63, 3.8) is 0 Å². The average molecular weight is 349 g/mol. The molecule has 0 aliphatic carbocycles. The van der Waals surface area contributed by atoms with Crippen LogP contribution in [0.4, 0.5) is 0 Å². The van der Waals surface area contributed by atoms with Gasteiger partial charge < -0.3 is 10.1 Å². The van der Waals surface area contributed by atoms with E-state index in [0.29, 0.717) is 12.3 Å². The summed E-state index contributed by atoms with van der Waals surface area (Å²) >= 11 is 3.39. The number of ether oxygens (including phenoxy) is 1. The van der Waals surface area contributed by atoms with Gasteiger partial charge in [0.25, 0.3) is 5.91 Å². The van der Waals surface area contributed by atoms with Crippen molar-refractivity contribution in [2.75, 3.05) is 6.54 Å². The standard InChI is InChI=1S/C16H17BrN2O2/c1-12(21-15-7-3-2-6-14(15)17)16(20)19-10-8-13-5-4-9-18-11-13/h2-7,9,11-12H,8,10H2,1H3,(H,19,20). The normalized spacial score (nSPS) is 11.7. The molecule has 0 aliphatic heterocycles. The number of hydrogen-bond donors (Lipinski definition) is 1. The smallest absolute Gasteiger partial charge is 0.260 e. The maximum Gasteiger partial charge on any atom is 0.260 e. The van der Waals surface area contributed by atoms with Crippen LogP contribution in [0.2, 0.25) is 0 Å². The SMILES string of the molecule is CC(Oc1ccccc1Br)C(=O)NCCc1cccnc1. The molecule has 5 heteroatoms. The Kier molecular flexibility index (Phi) is 5.75. The van der Waals surface area contributed by atoms with Crippen LogP contribution in [0.15, 0.2) is 53.3 Å². The molecule has 0 bridgehead atoms. The minimum absolute atomic E-state index is 0.130. The van der Waals surface area contributed by atoms with Gasteiger partial charge in [-0.15, -0.1) is 0 Å². The van der Waals surface area contributed by atoms with E-state index in [0.717, 1.165) is 16.5 Å². The molecule has 0 aliphatic rings. The lowest BCUT2D eigenvalue weighted by molar-refractivity contribution is -0.127. The number of nitrogens with one attached hydrogen (secondary N) is 1. The number of aromatic nitrogens is 1. The third-order valence-electron chi connectivity index (χ3n) is 2.95. The van der Waals surface area contributed by atoms with E-state index in [1.54, 1.807) is 19.3 Å². The molecule has 1 aromatic carbocycles. The topological polar surface area (TPSA) is 51.2 Å². The quantitative estimate of drug-likeness (QED) is 0.872. The highest BCUT2D eigenvalue weighted by Gasteiger charge is 2.15. The summed E-state index contributed by atoms with van der Waals surface area (Å²) in [6.07, 6.45) is 3.74. The first-order valence-electron chi connectivity index (χ1n) is 6.74.